The van der Waals surface area contributed by atoms with Crippen LogP contribution in [0, 0.1) is 0 Å². The van der Waals surface area contributed by atoms with E-state index in [2.05, 4.69) is 31.2 Å². The van der Waals surface area contributed by atoms with Crippen LogP contribution in [0.15, 0.2) is 50.0 Å². The van der Waals surface area contributed by atoms with Crippen LogP contribution in [0.1, 0.15) is 0 Å². The summed E-state index contributed by atoms with van der Waals surface area (Å²) >= 11 is 4.80. The maximum atomic E-state index is 12.5. The van der Waals surface area contributed by atoms with Gasteiger partial charge in [-0.05, 0) is 6.07 Å². The van der Waals surface area contributed by atoms with E-state index >= 15 is 0 Å². The van der Waals surface area contributed by atoms with E-state index in [-0.39, 0.29) is 23.6 Å². The number of anilines is 1. The van der Waals surface area contributed by atoms with Gasteiger partial charge in [0, 0.05) is 29.5 Å². The van der Waals surface area contributed by atoms with Crippen molar-refractivity contribution in [2.24, 2.45) is 14.1 Å². The zero-order chi connectivity index (χ0) is 20.7. The van der Waals surface area contributed by atoms with Crippen LogP contribution in [0.3, 0.4) is 0 Å². The summed E-state index contributed by atoms with van der Waals surface area (Å²) in [7, 11) is 2.92. The highest BCUT2D eigenvalue weighted by molar-refractivity contribution is 9.10. The van der Waals surface area contributed by atoms with E-state index in [0.29, 0.717) is 5.13 Å². The van der Waals surface area contributed by atoms with Crippen LogP contribution in [-0.4, -0.2) is 29.6 Å². The molecule has 1 amide bonds. The number of benzene rings is 1. The molecule has 3 heterocycles. The molecule has 29 heavy (non-hydrogen) atoms. The molecule has 3 aromatic heterocycles. The lowest BCUT2D eigenvalue weighted by molar-refractivity contribution is -0.116. The van der Waals surface area contributed by atoms with E-state index in [9.17, 15) is 14.4 Å². The molecule has 0 saturated heterocycles. The van der Waals surface area contributed by atoms with Crippen LogP contribution in [0.5, 0.6) is 0 Å². The summed E-state index contributed by atoms with van der Waals surface area (Å²) in [6.45, 7) is -0.131. The minimum atomic E-state index is -0.501. The highest BCUT2D eigenvalue weighted by Gasteiger charge is 2.17. The first-order valence-electron chi connectivity index (χ1n) is 8.48. The van der Waals surface area contributed by atoms with Crippen LogP contribution in [-0.2, 0) is 25.4 Å². The number of carbonyl (C=O) groups is 1. The first-order valence-corrected chi connectivity index (χ1v) is 10.1. The van der Waals surface area contributed by atoms with Crippen LogP contribution in [0.4, 0.5) is 5.13 Å². The lowest BCUT2D eigenvalue weighted by Crippen LogP contribution is -2.37. The SMILES string of the molecule is Cn1c(=O)c2c(ncn2CC(=O)Nc2nc(-c3ccccc3Br)cs2)n(C)c1=O. The van der Waals surface area contributed by atoms with E-state index in [1.807, 2.05) is 29.6 Å². The molecule has 0 spiro atoms. The third kappa shape index (κ3) is 3.42. The molecule has 0 aliphatic carbocycles. The lowest BCUT2D eigenvalue weighted by atomic mass is 10.2. The summed E-state index contributed by atoms with van der Waals surface area (Å²) in [4.78, 5) is 45.5. The fourth-order valence-corrected chi connectivity index (χ4v) is 4.17. The molecule has 0 atom stereocenters. The van der Waals surface area contributed by atoms with Crippen molar-refractivity contribution < 1.29 is 4.79 Å². The number of thiazole rings is 1. The standard InChI is InChI=1S/C18H15BrN6O3S/c1-23-15-14(16(27)24(2)18(23)28)25(9-20-15)7-13(26)22-17-21-12(8-29-17)10-5-3-4-6-11(10)19/h3-6,8-9H,7H2,1-2H3,(H,21,22,26). The number of amides is 1. The third-order valence-electron chi connectivity index (χ3n) is 4.43. The number of halogens is 1. The van der Waals surface area contributed by atoms with Crippen LogP contribution < -0.4 is 16.6 Å². The minimum absolute atomic E-state index is 0.131. The van der Waals surface area contributed by atoms with Crippen molar-refractivity contribution in [2.75, 3.05) is 5.32 Å². The average Bonchev–Trinajstić information content (AvgIpc) is 3.32. The summed E-state index contributed by atoms with van der Waals surface area (Å²) < 4.78 is 4.60. The molecule has 4 rings (SSSR count). The largest absolute Gasteiger partial charge is 0.332 e. The van der Waals surface area contributed by atoms with E-state index in [1.165, 1.54) is 40.9 Å². The quantitative estimate of drug-likeness (QED) is 0.486. The monoisotopic (exact) mass is 474 g/mol. The first kappa shape index (κ1) is 19.3. The molecule has 0 aliphatic heterocycles. The number of aryl methyl sites for hydroxylation is 1. The van der Waals surface area contributed by atoms with Gasteiger partial charge in [0.1, 0.15) is 6.54 Å². The van der Waals surface area contributed by atoms with Crippen molar-refractivity contribution in [1.82, 2.24) is 23.7 Å². The van der Waals surface area contributed by atoms with E-state index in [4.69, 9.17) is 0 Å². The predicted molar refractivity (Wildman–Crippen MR) is 114 cm³/mol. The molecular weight excluding hydrogens is 460 g/mol. The number of hydrogen-bond donors (Lipinski definition) is 1. The van der Waals surface area contributed by atoms with Gasteiger partial charge in [0.25, 0.3) is 5.56 Å². The summed E-state index contributed by atoms with van der Waals surface area (Å²) in [5.74, 6) is -0.353. The second-order valence-corrected chi connectivity index (χ2v) is 8.03. The number of nitrogens with zero attached hydrogens (tertiary/aromatic N) is 5. The third-order valence-corrected chi connectivity index (χ3v) is 5.88. The normalized spacial score (nSPS) is 11.1. The van der Waals surface area contributed by atoms with Gasteiger partial charge in [-0.2, -0.15) is 0 Å². The highest BCUT2D eigenvalue weighted by atomic mass is 79.9. The Bertz CT molecular complexity index is 1370. The average molecular weight is 475 g/mol. The molecule has 148 valence electrons. The zero-order valence-electron chi connectivity index (χ0n) is 15.4. The molecule has 4 aromatic rings. The molecule has 0 fully saturated rings. The van der Waals surface area contributed by atoms with Crippen molar-refractivity contribution in [1.29, 1.82) is 0 Å². The Hall–Kier alpha value is -3.05. The smallest absolute Gasteiger partial charge is 0.315 e. The highest BCUT2D eigenvalue weighted by Crippen LogP contribution is 2.30. The number of imidazole rings is 1. The van der Waals surface area contributed by atoms with E-state index < -0.39 is 11.2 Å². The molecule has 11 heteroatoms. The van der Waals surface area contributed by atoms with E-state index in [0.717, 1.165) is 20.3 Å². The molecule has 0 bridgehead atoms. The molecule has 0 saturated carbocycles. The molecule has 1 aromatic carbocycles. The first-order chi connectivity index (χ1) is 13.9. The Morgan fingerprint density at radius 3 is 2.72 bits per heavy atom. The molecule has 0 aliphatic rings. The summed E-state index contributed by atoms with van der Waals surface area (Å²) in [6.07, 6.45) is 1.37. The van der Waals surface area contributed by atoms with Gasteiger partial charge in [-0.1, -0.05) is 34.1 Å². The summed E-state index contributed by atoms with van der Waals surface area (Å²) in [5, 5.41) is 5.05. The molecule has 1 N–H and O–H groups in total. The maximum absolute atomic E-state index is 12.5. The van der Waals surface area contributed by atoms with Gasteiger partial charge in [0.05, 0.1) is 12.0 Å². The van der Waals surface area contributed by atoms with Crippen molar-refractivity contribution in [3.63, 3.8) is 0 Å². The van der Waals surface area contributed by atoms with Crippen molar-refractivity contribution in [3.8, 4) is 11.3 Å². The summed E-state index contributed by atoms with van der Waals surface area (Å²) in [6, 6.07) is 7.68. The van der Waals surface area contributed by atoms with Crippen molar-refractivity contribution in [3.05, 3.63) is 61.3 Å². The zero-order valence-corrected chi connectivity index (χ0v) is 17.8. The fourth-order valence-electron chi connectivity index (χ4n) is 2.95. The Morgan fingerprint density at radius 1 is 1.21 bits per heavy atom. The van der Waals surface area contributed by atoms with Gasteiger partial charge < -0.3 is 9.88 Å². The second kappa shape index (κ2) is 7.41. The van der Waals surface area contributed by atoms with Crippen molar-refractivity contribution >= 4 is 49.5 Å². The van der Waals surface area contributed by atoms with Gasteiger partial charge in [-0.15, -0.1) is 11.3 Å². The number of nitrogens with one attached hydrogen (secondary N) is 1. The Morgan fingerprint density at radius 2 is 1.97 bits per heavy atom. The predicted octanol–water partition coefficient (Wildman–Crippen LogP) is 1.96. The Labute approximate surface area is 176 Å². The number of fused-ring (bicyclic) bond motifs is 1. The fraction of sp³-hybridized carbons (Fsp3) is 0.167. The molecular formula is C18H15BrN6O3S. The number of carbonyl (C=O) groups excluding carboxylic acids is 1. The van der Waals surface area contributed by atoms with Gasteiger partial charge in [-0.25, -0.2) is 14.8 Å². The molecule has 0 unspecified atom stereocenters. The number of hydrogen-bond acceptors (Lipinski definition) is 6. The van der Waals surface area contributed by atoms with Gasteiger partial charge in [-0.3, -0.25) is 18.7 Å². The summed E-state index contributed by atoms with van der Waals surface area (Å²) in [5.41, 5.74) is 1.12. The molecule has 9 nitrogen and oxygen atoms in total. The second-order valence-electron chi connectivity index (χ2n) is 6.32. The Kier molecular flexibility index (Phi) is 4.92. The molecule has 0 radical (unpaired) electrons. The van der Waals surface area contributed by atoms with Crippen LogP contribution in [0.2, 0.25) is 0 Å². The minimum Gasteiger partial charge on any atom is -0.315 e. The maximum Gasteiger partial charge on any atom is 0.332 e. The van der Waals surface area contributed by atoms with E-state index in [1.54, 1.807) is 0 Å². The van der Waals surface area contributed by atoms with Gasteiger partial charge >= 0.3 is 5.69 Å². The van der Waals surface area contributed by atoms with Gasteiger partial charge in [0.2, 0.25) is 5.91 Å². The topological polar surface area (TPSA) is 104 Å². The van der Waals surface area contributed by atoms with Crippen LogP contribution in [0.25, 0.3) is 22.4 Å². The number of aromatic nitrogens is 5. The van der Waals surface area contributed by atoms with Crippen molar-refractivity contribution in [2.45, 2.75) is 6.54 Å². The Balaban J connectivity index is 1.58. The number of rotatable bonds is 4. The lowest BCUT2D eigenvalue weighted by Gasteiger charge is -2.06. The van der Waals surface area contributed by atoms with Crippen LogP contribution >= 0.6 is 27.3 Å². The van der Waals surface area contributed by atoms with Gasteiger partial charge in [0.15, 0.2) is 16.3 Å².